The standard InChI is InChI=1S/C11H8FN3O4/c12-7-3-1-2-6(4-7)10-9(11(18)19)13-14-15(10)5-8(16)17/h1-4H,5H2,(H,16,17)(H,18,19). The van der Waals surface area contributed by atoms with Gasteiger partial charge in [0, 0.05) is 5.56 Å². The lowest BCUT2D eigenvalue weighted by molar-refractivity contribution is -0.137. The average Bonchev–Trinajstić information content (AvgIpc) is 2.71. The summed E-state index contributed by atoms with van der Waals surface area (Å²) in [4.78, 5) is 21.7. The number of nitrogens with zero attached hydrogens (tertiary/aromatic N) is 3. The van der Waals surface area contributed by atoms with Gasteiger partial charge in [-0.1, -0.05) is 17.3 Å². The Balaban J connectivity index is 2.61. The molecule has 2 aromatic rings. The van der Waals surface area contributed by atoms with E-state index in [0.29, 0.717) is 0 Å². The third-order valence-electron chi connectivity index (χ3n) is 2.32. The number of aromatic carboxylic acids is 1. The topological polar surface area (TPSA) is 105 Å². The van der Waals surface area contributed by atoms with Gasteiger partial charge in [-0.05, 0) is 12.1 Å². The Hall–Kier alpha value is -2.77. The van der Waals surface area contributed by atoms with Crippen LogP contribution in [0.25, 0.3) is 11.3 Å². The predicted molar refractivity (Wildman–Crippen MR) is 60.0 cm³/mol. The zero-order valence-corrected chi connectivity index (χ0v) is 9.45. The van der Waals surface area contributed by atoms with Gasteiger partial charge in [-0.15, -0.1) is 5.10 Å². The van der Waals surface area contributed by atoms with Crippen LogP contribution >= 0.6 is 0 Å². The Morgan fingerprint density at radius 3 is 2.63 bits per heavy atom. The molecule has 0 amide bonds. The third-order valence-corrected chi connectivity index (χ3v) is 2.32. The van der Waals surface area contributed by atoms with Gasteiger partial charge >= 0.3 is 11.9 Å². The van der Waals surface area contributed by atoms with Crippen LogP contribution in [0.2, 0.25) is 0 Å². The first-order valence-electron chi connectivity index (χ1n) is 5.13. The van der Waals surface area contributed by atoms with E-state index in [1.165, 1.54) is 18.2 Å². The van der Waals surface area contributed by atoms with Crippen molar-refractivity contribution in [1.29, 1.82) is 0 Å². The maximum absolute atomic E-state index is 13.2. The molecule has 0 aliphatic carbocycles. The van der Waals surface area contributed by atoms with Crippen molar-refractivity contribution in [1.82, 2.24) is 15.0 Å². The monoisotopic (exact) mass is 265 g/mol. The second-order valence-corrected chi connectivity index (χ2v) is 3.65. The van der Waals surface area contributed by atoms with Crippen molar-refractivity contribution in [2.24, 2.45) is 0 Å². The Morgan fingerprint density at radius 1 is 1.32 bits per heavy atom. The lowest BCUT2D eigenvalue weighted by Crippen LogP contribution is -2.12. The summed E-state index contributed by atoms with van der Waals surface area (Å²) in [5.41, 5.74) is -0.273. The number of rotatable bonds is 4. The normalized spacial score (nSPS) is 10.4. The first-order valence-corrected chi connectivity index (χ1v) is 5.13. The molecule has 1 heterocycles. The molecule has 0 fully saturated rings. The van der Waals surface area contributed by atoms with Crippen LogP contribution in [0.5, 0.6) is 0 Å². The molecule has 8 heteroatoms. The van der Waals surface area contributed by atoms with E-state index in [4.69, 9.17) is 10.2 Å². The lowest BCUT2D eigenvalue weighted by Gasteiger charge is -2.05. The lowest BCUT2D eigenvalue weighted by atomic mass is 10.1. The molecular formula is C11H8FN3O4. The van der Waals surface area contributed by atoms with Crippen molar-refractivity contribution in [3.05, 3.63) is 35.8 Å². The fourth-order valence-corrected chi connectivity index (χ4v) is 1.62. The minimum Gasteiger partial charge on any atom is -0.480 e. The maximum Gasteiger partial charge on any atom is 0.358 e. The van der Waals surface area contributed by atoms with Crippen molar-refractivity contribution in [3.8, 4) is 11.3 Å². The van der Waals surface area contributed by atoms with E-state index >= 15 is 0 Å². The van der Waals surface area contributed by atoms with Crippen LogP contribution in [0.1, 0.15) is 10.5 Å². The largest absolute Gasteiger partial charge is 0.480 e. The smallest absolute Gasteiger partial charge is 0.358 e. The molecule has 19 heavy (non-hydrogen) atoms. The van der Waals surface area contributed by atoms with Crippen molar-refractivity contribution < 1.29 is 24.2 Å². The number of carbonyl (C=O) groups is 2. The molecule has 0 atom stereocenters. The molecule has 7 nitrogen and oxygen atoms in total. The first-order chi connectivity index (χ1) is 8.99. The fraction of sp³-hybridized carbons (Fsp3) is 0.0909. The van der Waals surface area contributed by atoms with Crippen LogP contribution in [-0.2, 0) is 11.3 Å². The number of aromatic nitrogens is 3. The molecule has 0 radical (unpaired) electrons. The number of aliphatic carboxylic acids is 1. The molecule has 0 bridgehead atoms. The van der Waals surface area contributed by atoms with Gasteiger partial charge < -0.3 is 10.2 Å². The van der Waals surface area contributed by atoms with Gasteiger partial charge in [-0.3, -0.25) is 4.79 Å². The number of benzene rings is 1. The summed E-state index contributed by atoms with van der Waals surface area (Å²) in [5, 5.41) is 24.6. The van der Waals surface area contributed by atoms with Crippen LogP contribution in [0.3, 0.4) is 0 Å². The van der Waals surface area contributed by atoms with E-state index in [1.54, 1.807) is 0 Å². The summed E-state index contributed by atoms with van der Waals surface area (Å²) in [7, 11) is 0. The third kappa shape index (κ3) is 2.57. The molecule has 2 rings (SSSR count). The second-order valence-electron chi connectivity index (χ2n) is 3.65. The van der Waals surface area contributed by atoms with Crippen molar-refractivity contribution >= 4 is 11.9 Å². The molecule has 1 aromatic carbocycles. The van der Waals surface area contributed by atoms with Gasteiger partial charge in [0.15, 0.2) is 5.69 Å². The van der Waals surface area contributed by atoms with Crippen LogP contribution in [0.15, 0.2) is 24.3 Å². The van der Waals surface area contributed by atoms with Crippen molar-refractivity contribution in [3.63, 3.8) is 0 Å². The van der Waals surface area contributed by atoms with Crippen LogP contribution in [0, 0.1) is 5.82 Å². The number of carboxylic acid groups (broad SMARTS) is 2. The van der Waals surface area contributed by atoms with Gasteiger partial charge in [0.05, 0.1) is 0 Å². The predicted octanol–water partition coefficient (Wildman–Crippen LogP) is 0.867. The zero-order valence-electron chi connectivity index (χ0n) is 9.45. The minimum absolute atomic E-state index is 0.0469. The van der Waals surface area contributed by atoms with Crippen LogP contribution in [-0.4, -0.2) is 37.1 Å². The summed E-state index contributed by atoms with van der Waals surface area (Å²) in [5.74, 6) is -3.15. The Bertz CT molecular complexity index is 653. The molecule has 0 aliphatic heterocycles. The molecule has 0 saturated carbocycles. The summed E-state index contributed by atoms with van der Waals surface area (Å²) < 4.78 is 14.1. The number of carboxylic acids is 2. The fourth-order valence-electron chi connectivity index (χ4n) is 1.62. The van der Waals surface area contributed by atoms with Crippen molar-refractivity contribution in [2.45, 2.75) is 6.54 Å². The Labute approximate surface area is 105 Å². The second kappa shape index (κ2) is 4.84. The molecule has 0 unspecified atom stereocenters. The highest BCUT2D eigenvalue weighted by Gasteiger charge is 2.21. The zero-order chi connectivity index (χ0) is 14.0. The van der Waals surface area contributed by atoms with Crippen LogP contribution in [0.4, 0.5) is 4.39 Å². The maximum atomic E-state index is 13.2. The summed E-state index contributed by atoms with van der Waals surface area (Å²) in [6, 6.07) is 5.11. The van der Waals surface area contributed by atoms with Gasteiger partial charge in [-0.2, -0.15) is 0 Å². The Morgan fingerprint density at radius 2 is 2.05 bits per heavy atom. The van der Waals surface area contributed by atoms with Crippen molar-refractivity contribution in [2.75, 3.05) is 0 Å². The Kier molecular flexibility index (Phi) is 3.23. The van der Waals surface area contributed by atoms with E-state index in [2.05, 4.69) is 10.3 Å². The summed E-state index contributed by atoms with van der Waals surface area (Å²) in [6.45, 7) is -0.563. The minimum atomic E-state index is -1.36. The van der Waals surface area contributed by atoms with Crippen LogP contribution < -0.4 is 0 Å². The first kappa shape index (κ1) is 12.7. The molecule has 0 aliphatic rings. The van der Waals surface area contributed by atoms with E-state index in [1.807, 2.05) is 0 Å². The molecule has 1 aromatic heterocycles. The van der Waals surface area contributed by atoms with Gasteiger partial charge in [-0.25, -0.2) is 13.9 Å². The quantitative estimate of drug-likeness (QED) is 0.849. The SMILES string of the molecule is O=C(O)Cn1nnc(C(=O)O)c1-c1cccc(F)c1. The highest BCUT2D eigenvalue weighted by atomic mass is 19.1. The number of halogens is 1. The van der Waals surface area contributed by atoms with E-state index in [-0.39, 0.29) is 11.3 Å². The van der Waals surface area contributed by atoms with E-state index < -0.39 is 30.0 Å². The van der Waals surface area contributed by atoms with E-state index in [0.717, 1.165) is 10.7 Å². The highest BCUT2D eigenvalue weighted by Crippen LogP contribution is 2.23. The van der Waals surface area contributed by atoms with Gasteiger partial charge in [0.2, 0.25) is 0 Å². The summed E-state index contributed by atoms with van der Waals surface area (Å²) >= 11 is 0. The van der Waals surface area contributed by atoms with E-state index in [9.17, 15) is 14.0 Å². The van der Waals surface area contributed by atoms with Gasteiger partial charge in [0.25, 0.3) is 0 Å². The molecular weight excluding hydrogens is 257 g/mol. The molecule has 2 N–H and O–H groups in total. The molecule has 98 valence electrons. The molecule has 0 spiro atoms. The number of hydrogen-bond acceptors (Lipinski definition) is 4. The molecule has 0 saturated heterocycles. The summed E-state index contributed by atoms with van der Waals surface area (Å²) in [6.07, 6.45) is 0. The average molecular weight is 265 g/mol. The highest BCUT2D eigenvalue weighted by molar-refractivity contribution is 5.92. The van der Waals surface area contributed by atoms with Gasteiger partial charge in [0.1, 0.15) is 18.1 Å². The number of hydrogen-bond donors (Lipinski definition) is 2.